The number of nitrogens with zero attached hydrogens (tertiary/aromatic N) is 2. The molecule has 94 valence electrons. The SMILES string of the molecule is N#Cc1ccc(SCC(=O)N2CCCC2)c(N)c1. The monoisotopic (exact) mass is 261 g/mol. The Kier molecular flexibility index (Phi) is 4.11. The molecule has 5 heteroatoms. The number of hydrogen-bond acceptors (Lipinski definition) is 4. The summed E-state index contributed by atoms with van der Waals surface area (Å²) in [5.74, 6) is 0.581. The largest absolute Gasteiger partial charge is 0.398 e. The molecule has 4 nitrogen and oxygen atoms in total. The lowest BCUT2D eigenvalue weighted by Crippen LogP contribution is -2.29. The normalized spacial score (nSPS) is 14.5. The van der Waals surface area contributed by atoms with E-state index >= 15 is 0 Å². The molecule has 1 saturated heterocycles. The molecule has 1 aliphatic rings. The third kappa shape index (κ3) is 2.96. The summed E-state index contributed by atoms with van der Waals surface area (Å²) in [6.45, 7) is 1.75. The smallest absolute Gasteiger partial charge is 0.232 e. The van der Waals surface area contributed by atoms with Gasteiger partial charge in [0, 0.05) is 23.7 Å². The van der Waals surface area contributed by atoms with E-state index in [1.807, 2.05) is 11.0 Å². The second-order valence-corrected chi connectivity index (χ2v) is 5.26. The molecule has 2 N–H and O–H groups in total. The van der Waals surface area contributed by atoms with Gasteiger partial charge in [-0.05, 0) is 31.0 Å². The van der Waals surface area contributed by atoms with Crippen LogP contribution in [0.5, 0.6) is 0 Å². The summed E-state index contributed by atoms with van der Waals surface area (Å²) in [5.41, 5.74) is 6.95. The Morgan fingerprint density at radius 1 is 1.44 bits per heavy atom. The standard InChI is InChI=1S/C13H15N3OS/c14-8-10-3-4-12(11(15)7-10)18-9-13(17)16-5-1-2-6-16/h3-4,7H,1-2,5-6,9,15H2. The van der Waals surface area contributed by atoms with Crippen LogP contribution in [-0.2, 0) is 4.79 Å². The van der Waals surface area contributed by atoms with E-state index in [4.69, 9.17) is 11.0 Å². The van der Waals surface area contributed by atoms with Crippen LogP contribution in [0.25, 0.3) is 0 Å². The van der Waals surface area contributed by atoms with Gasteiger partial charge < -0.3 is 10.6 Å². The minimum absolute atomic E-state index is 0.168. The topological polar surface area (TPSA) is 70.1 Å². The number of carbonyl (C=O) groups is 1. The average molecular weight is 261 g/mol. The van der Waals surface area contributed by atoms with Crippen LogP contribution in [0.1, 0.15) is 18.4 Å². The molecule has 2 rings (SSSR count). The van der Waals surface area contributed by atoms with Crippen molar-refractivity contribution in [2.24, 2.45) is 0 Å². The van der Waals surface area contributed by atoms with Crippen molar-refractivity contribution in [3.05, 3.63) is 23.8 Å². The van der Waals surface area contributed by atoms with E-state index in [9.17, 15) is 4.79 Å². The first-order valence-electron chi connectivity index (χ1n) is 5.91. The molecule has 0 radical (unpaired) electrons. The Hall–Kier alpha value is -1.67. The first-order valence-corrected chi connectivity index (χ1v) is 6.89. The zero-order chi connectivity index (χ0) is 13.0. The van der Waals surface area contributed by atoms with Crippen LogP contribution in [0.2, 0.25) is 0 Å². The second-order valence-electron chi connectivity index (χ2n) is 4.24. The molecule has 1 amide bonds. The highest BCUT2D eigenvalue weighted by atomic mass is 32.2. The summed E-state index contributed by atoms with van der Waals surface area (Å²) in [6, 6.07) is 7.20. The zero-order valence-corrected chi connectivity index (χ0v) is 10.9. The number of carbonyl (C=O) groups excluding carboxylic acids is 1. The van der Waals surface area contributed by atoms with Crippen LogP contribution >= 0.6 is 11.8 Å². The maximum absolute atomic E-state index is 11.9. The molecule has 1 heterocycles. The maximum atomic E-state index is 11.9. The molecule has 18 heavy (non-hydrogen) atoms. The second kappa shape index (κ2) is 5.78. The van der Waals surface area contributed by atoms with Crippen LogP contribution < -0.4 is 5.73 Å². The minimum Gasteiger partial charge on any atom is -0.398 e. The molecule has 1 aliphatic heterocycles. The molecule has 1 aromatic carbocycles. The number of nitrogens with two attached hydrogens (primary N) is 1. The van der Waals surface area contributed by atoms with E-state index in [0.29, 0.717) is 17.0 Å². The van der Waals surface area contributed by atoms with E-state index in [-0.39, 0.29) is 5.91 Å². The maximum Gasteiger partial charge on any atom is 0.232 e. The molecular formula is C13H15N3OS. The van der Waals surface area contributed by atoms with Gasteiger partial charge in [-0.1, -0.05) is 0 Å². The third-order valence-corrected chi connectivity index (χ3v) is 4.02. The molecule has 0 bridgehead atoms. The number of hydrogen-bond donors (Lipinski definition) is 1. The lowest BCUT2D eigenvalue weighted by molar-refractivity contribution is -0.127. The van der Waals surface area contributed by atoms with Gasteiger partial charge >= 0.3 is 0 Å². The summed E-state index contributed by atoms with van der Waals surface area (Å²) >= 11 is 1.44. The van der Waals surface area contributed by atoms with Crippen molar-refractivity contribution < 1.29 is 4.79 Å². The van der Waals surface area contributed by atoms with Crippen molar-refractivity contribution in [1.29, 1.82) is 5.26 Å². The Morgan fingerprint density at radius 2 is 2.17 bits per heavy atom. The Bertz CT molecular complexity index is 489. The molecule has 0 saturated carbocycles. The molecule has 0 aliphatic carbocycles. The lowest BCUT2D eigenvalue weighted by atomic mass is 10.2. The van der Waals surface area contributed by atoms with Crippen molar-refractivity contribution >= 4 is 23.4 Å². The number of likely N-dealkylation sites (tertiary alicyclic amines) is 1. The van der Waals surface area contributed by atoms with Crippen LogP contribution in [-0.4, -0.2) is 29.6 Å². The van der Waals surface area contributed by atoms with Crippen LogP contribution in [0.4, 0.5) is 5.69 Å². The van der Waals surface area contributed by atoms with Gasteiger partial charge in [-0.25, -0.2) is 0 Å². The highest BCUT2D eigenvalue weighted by Gasteiger charge is 2.17. The summed E-state index contributed by atoms with van der Waals surface area (Å²) in [7, 11) is 0. The summed E-state index contributed by atoms with van der Waals surface area (Å²) in [5, 5.41) is 8.74. The van der Waals surface area contributed by atoms with Gasteiger partial charge in [0.25, 0.3) is 0 Å². The number of rotatable bonds is 3. The number of thioether (sulfide) groups is 1. The predicted octanol–water partition coefficient (Wildman–Crippen LogP) is 1.85. The highest BCUT2D eigenvalue weighted by molar-refractivity contribution is 8.00. The van der Waals surface area contributed by atoms with E-state index < -0.39 is 0 Å². The third-order valence-electron chi connectivity index (χ3n) is 2.95. The Labute approximate surface area is 111 Å². The van der Waals surface area contributed by atoms with Crippen molar-refractivity contribution in [1.82, 2.24) is 4.90 Å². The Morgan fingerprint density at radius 3 is 2.78 bits per heavy atom. The number of anilines is 1. The fourth-order valence-corrected chi connectivity index (χ4v) is 2.80. The molecule has 0 aromatic heterocycles. The van der Waals surface area contributed by atoms with Crippen LogP contribution in [0.3, 0.4) is 0 Å². The average Bonchev–Trinajstić information content (AvgIpc) is 2.90. The van der Waals surface area contributed by atoms with Gasteiger partial charge in [0.2, 0.25) is 5.91 Å². The van der Waals surface area contributed by atoms with Crippen molar-refractivity contribution in [2.75, 3.05) is 24.6 Å². The zero-order valence-electron chi connectivity index (χ0n) is 10.1. The number of benzene rings is 1. The lowest BCUT2D eigenvalue weighted by Gasteiger charge is -2.15. The fourth-order valence-electron chi connectivity index (χ4n) is 1.95. The first kappa shape index (κ1) is 12.8. The molecular weight excluding hydrogens is 246 g/mol. The van der Waals surface area contributed by atoms with Crippen molar-refractivity contribution in [3.63, 3.8) is 0 Å². The number of nitriles is 1. The van der Waals surface area contributed by atoms with E-state index in [0.717, 1.165) is 30.8 Å². The Balaban J connectivity index is 1.94. The van der Waals surface area contributed by atoms with Gasteiger partial charge in [-0.3, -0.25) is 4.79 Å². The van der Waals surface area contributed by atoms with Crippen molar-refractivity contribution in [3.8, 4) is 6.07 Å². The molecule has 1 fully saturated rings. The number of amides is 1. The quantitative estimate of drug-likeness (QED) is 0.666. The van der Waals surface area contributed by atoms with Gasteiger partial charge in [0.05, 0.1) is 17.4 Å². The van der Waals surface area contributed by atoms with Crippen LogP contribution in [0, 0.1) is 11.3 Å². The van der Waals surface area contributed by atoms with Gasteiger partial charge in [-0.15, -0.1) is 11.8 Å². The molecule has 1 aromatic rings. The van der Waals surface area contributed by atoms with Crippen LogP contribution in [0.15, 0.2) is 23.1 Å². The molecule has 0 atom stereocenters. The fraction of sp³-hybridized carbons (Fsp3) is 0.385. The summed E-state index contributed by atoms with van der Waals surface area (Å²) in [6.07, 6.45) is 2.21. The van der Waals surface area contributed by atoms with Gasteiger partial charge in [0.15, 0.2) is 0 Å². The first-order chi connectivity index (χ1) is 8.70. The summed E-state index contributed by atoms with van der Waals surface area (Å²) < 4.78 is 0. The highest BCUT2D eigenvalue weighted by Crippen LogP contribution is 2.26. The van der Waals surface area contributed by atoms with Gasteiger partial charge in [-0.2, -0.15) is 5.26 Å². The molecule has 0 spiro atoms. The van der Waals surface area contributed by atoms with E-state index in [1.165, 1.54) is 11.8 Å². The minimum atomic E-state index is 0.168. The predicted molar refractivity (Wildman–Crippen MR) is 72.1 cm³/mol. The number of nitrogen functional groups attached to an aromatic ring is 1. The van der Waals surface area contributed by atoms with E-state index in [2.05, 4.69) is 0 Å². The molecule has 0 unspecified atom stereocenters. The van der Waals surface area contributed by atoms with E-state index in [1.54, 1.807) is 18.2 Å². The van der Waals surface area contributed by atoms with Crippen molar-refractivity contribution in [2.45, 2.75) is 17.7 Å². The summed E-state index contributed by atoms with van der Waals surface area (Å²) in [4.78, 5) is 14.6. The van der Waals surface area contributed by atoms with Gasteiger partial charge in [0.1, 0.15) is 0 Å².